The van der Waals surface area contributed by atoms with Crippen LogP contribution in [-0.4, -0.2) is 18.6 Å². The van der Waals surface area contributed by atoms with E-state index in [0.29, 0.717) is 0 Å². The van der Waals surface area contributed by atoms with Crippen molar-refractivity contribution in [2.24, 2.45) is 11.7 Å². The van der Waals surface area contributed by atoms with Crippen LogP contribution in [0.1, 0.15) is 65.0 Å². The highest BCUT2D eigenvalue weighted by molar-refractivity contribution is 6.00. The molecule has 0 aromatic heterocycles. The molecule has 23 heavy (non-hydrogen) atoms. The van der Waals surface area contributed by atoms with Crippen LogP contribution in [0.5, 0.6) is 5.75 Å². The van der Waals surface area contributed by atoms with Crippen molar-refractivity contribution in [1.29, 1.82) is 0 Å². The Bertz CT molecular complexity index is 542. The number of amides is 1. The molecule has 0 saturated heterocycles. The molecule has 2 rings (SSSR count). The molecular formula is C19H30N2O2. The van der Waals surface area contributed by atoms with Crippen molar-refractivity contribution in [2.45, 2.75) is 65.5 Å². The van der Waals surface area contributed by atoms with Gasteiger partial charge in [-0.1, -0.05) is 46.6 Å². The van der Waals surface area contributed by atoms with Crippen LogP contribution >= 0.6 is 0 Å². The maximum atomic E-state index is 12.8. The Labute approximate surface area is 140 Å². The van der Waals surface area contributed by atoms with E-state index in [4.69, 9.17) is 10.5 Å². The van der Waals surface area contributed by atoms with Crippen molar-refractivity contribution in [3.05, 3.63) is 23.8 Å². The average Bonchev–Trinajstić information content (AvgIpc) is 2.53. The van der Waals surface area contributed by atoms with Gasteiger partial charge in [-0.2, -0.15) is 0 Å². The van der Waals surface area contributed by atoms with Gasteiger partial charge in [-0.05, 0) is 36.5 Å². The van der Waals surface area contributed by atoms with Gasteiger partial charge >= 0.3 is 0 Å². The molecule has 0 spiro atoms. The van der Waals surface area contributed by atoms with Gasteiger partial charge in [-0.3, -0.25) is 4.79 Å². The molecule has 1 aliphatic heterocycles. The number of carbonyl (C=O) groups is 1. The van der Waals surface area contributed by atoms with E-state index in [1.165, 1.54) is 0 Å². The minimum Gasteiger partial charge on any atom is -0.478 e. The minimum atomic E-state index is -0.394. The number of unbranched alkanes of at least 4 members (excludes halogenated alkanes) is 1. The molecule has 0 radical (unpaired) electrons. The Balaban J connectivity index is 2.37. The maximum Gasteiger partial charge on any atom is 0.268 e. The topological polar surface area (TPSA) is 55.6 Å². The maximum absolute atomic E-state index is 12.8. The van der Waals surface area contributed by atoms with Gasteiger partial charge in [-0.15, -0.1) is 0 Å². The Hall–Kier alpha value is -1.55. The van der Waals surface area contributed by atoms with Gasteiger partial charge in [0.2, 0.25) is 0 Å². The van der Waals surface area contributed by atoms with Gasteiger partial charge in [0.05, 0.1) is 5.69 Å². The van der Waals surface area contributed by atoms with Gasteiger partial charge in [0.25, 0.3) is 5.91 Å². The summed E-state index contributed by atoms with van der Waals surface area (Å²) >= 11 is 0. The lowest BCUT2D eigenvalue weighted by molar-refractivity contribution is -0.128. The van der Waals surface area contributed by atoms with Crippen LogP contribution in [0.15, 0.2) is 18.2 Å². The van der Waals surface area contributed by atoms with Gasteiger partial charge in [-0.25, -0.2) is 0 Å². The third-order valence-corrected chi connectivity index (χ3v) is 4.41. The normalized spacial score (nSPS) is 18.8. The first-order valence-corrected chi connectivity index (χ1v) is 8.87. The number of ether oxygens (including phenoxy) is 1. The number of fused-ring (bicyclic) bond motifs is 1. The second kappa shape index (κ2) is 7.82. The molecule has 0 aliphatic carbocycles. The fourth-order valence-corrected chi connectivity index (χ4v) is 2.98. The fourth-order valence-electron chi connectivity index (χ4n) is 2.98. The first kappa shape index (κ1) is 17.8. The molecule has 4 heteroatoms. The Morgan fingerprint density at radius 1 is 1.26 bits per heavy atom. The van der Waals surface area contributed by atoms with Gasteiger partial charge in [0.15, 0.2) is 6.10 Å². The lowest BCUT2D eigenvalue weighted by atomic mass is 9.99. The third kappa shape index (κ3) is 3.86. The van der Waals surface area contributed by atoms with Crippen molar-refractivity contribution in [3.63, 3.8) is 0 Å². The number of rotatable bonds is 7. The summed E-state index contributed by atoms with van der Waals surface area (Å²) in [6.07, 6.45) is 3.64. The van der Waals surface area contributed by atoms with E-state index in [1.54, 1.807) is 0 Å². The first-order chi connectivity index (χ1) is 11.0. The molecule has 0 saturated carbocycles. The van der Waals surface area contributed by atoms with E-state index in [9.17, 15) is 4.79 Å². The molecule has 2 N–H and O–H groups in total. The summed E-state index contributed by atoms with van der Waals surface area (Å²) < 4.78 is 5.98. The predicted molar refractivity (Wildman–Crippen MR) is 94.8 cm³/mol. The van der Waals surface area contributed by atoms with E-state index in [2.05, 4.69) is 13.8 Å². The molecule has 1 heterocycles. The number of nitrogens with two attached hydrogens (primary N) is 1. The highest BCUT2D eigenvalue weighted by Gasteiger charge is 2.36. The third-order valence-electron chi connectivity index (χ3n) is 4.41. The van der Waals surface area contributed by atoms with E-state index in [-0.39, 0.29) is 17.9 Å². The average molecular weight is 318 g/mol. The molecule has 1 aliphatic rings. The summed E-state index contributed by atoms with van der Waals surface area (Å²) in [6.45, 7) is 9.06. The number of hydrogen-bond donors (Lipinski definition) is 1. The van der Waals surface area contributed by atoms with E-state index < -0.39 is 6.10 Å². The van der Waals surface area contributed by atoms with Crippen LogP contribution in [0.4, 0.5) is 5.69 Å². The Morgan fingerprint density at radius 2 is 2.00 bits per heavy atom. The first-order valence-electron chi connectivity index (χ1n) is 8.87. The van der Waals surface area contributed by atoms with Crippen LogP contribution in [0.3, 0.4) is 0 Å². The predicted octanol–water partition coefficient (Wildman–Crippen LogP) is 4.04. The van der Waals surface area contributed by atoms with Crippen molar-refractivity contribution < 1.29 is 9.53 Å². The van der Waals surface area contributed by atoms with Crippen LogP contribution in [0.25, 0.3) is 0 Å². The van der Waals surface area contributed by atoms with Crippen LogP contribution < -0.4 is 15.4 Å². The molecule has 1 aromatic carbocycles. The van der Waals surface area contributed by atoms with E-state index in [0.717, 1.165) is 49.2 Å². The smallest absolute Gasteiger partial charge is 0.268 e. The van der Waals surface area contributed by atoms with Crippen molar-refractivity contribution in [2.75, 3.05) is 11.4 Å². The lowest BCUT2D eigenvalue weighted by Gasteiger charge is -2.36. The number of anilines is 1. The Morgan fingerprint density at radius 3 is 2.61 bits per heavy atom. The summed E-state index contributed by atoms with van der Waals surface area (Å²) in [7, 11) is 0. The molecule has 0 bridgehead atoms. The van der Waals surface area contributed by atoms with Crippen LogP contribution in [-0.2, 0) is 4.79 Å². The highest BCUT2D eigenvalue weighted by Crippen LogP contribution is 2.38. The van der Waals surface area contributed by atoms with Crippen molar-refractivity contribution >= 4 is 11.6 Å². The van der Waals surface area contributed by atoms with E-state index in [1.807, 2.05) is 36.9 Å². The number of hydrogen-bond acceptors (Lipinski definition) is 3. The number of nitrogens with zero attached hydrogens (tertiary/aromatic N) is 1. The van der Waals surface area contributed by atoms with Crippen molar-refractivity contribution in [3.8, 4) is 5.75 Å². The zero-order valence-corrected chi connectivity index (χ0v) is 14.8. The summed E-state index contributed by atoms with van der Waals surface area (Å²) in [4.78, 5) is 14.7. The second-order valence-electron chi connectivity index (χ2n) is 6.75. The fraction of sp³-hybridized carbons (Fsp3) is 0.632. The summed E-state index contributed by atoms with van der Waals surface area (Å²) in [5, 5.41) is 0. The molecule has 0 fully saturated rings. The quantitative estimate of drug-likeness (QED) is 0.825. The minimum absolute atomic E-state index is 0.0104. The molecule has 4 nitrogen and oxygen atoms in total. The molecule has 1 aromatic rings. The molecule has 2 atom stereocenters. The van der Waals surface area contributed by atoms with E-state index >= 15 is 0 Å². The lowest BCUT2D eigenvalue weighted by Crippen LogP contribution is -2.48. The summed E-state index contributed by atoms with van der Waals surface area (Å²) in [5.74, 6) is 1.02. The summed E-state index contributed by atoms with van der Waals surface area (Å²) in [6, 6.07) is 6.06. The SMILES string of the molecule is CCCCN1C(=O)C(C(C)C)Oc2ccc(C(N)CCC)cc21. The van der Waals surface area contributed by atoms with Gasteiger partial charge < -0.3 is 15.4 Å². The molecule has 128 valence electrons. The monoisotopic (exact) mass is 318 g/mol. The van der Waals surface area contributed by atoms with Gasteiger partial charge in [0, 0.05) is 12.6 Å². The van der Waals surface area contributed by atoms with Gasteiger partial charge in [0.1, 0.15) is 5.75 Å². The molecule has 1 amide bonds. The largest absolute Gasteiger partial charge is 0.478 e. The molecule has 2 unspecified atom stereocenters. The zero-order chi connectivity index (χ0) is 17.0. The zero-order valence-electron chi connectivity index (χ0n) is 14.8. The highest BCUT2D eigenvalue weighted by atomic mass is 16.5. The number of carbonyl (C=O) groups excluding carboxylic acids is 1. The molecular weight excluding hydrogens is 288 g/mol. The second-order valence-corrected chi connectivity index (χ2v) is 6.75. The Kier molecular flexibility index (Phi) is 6.05. The van der Waals surface area contributed by atoms with Crippen molar-refractivity contribution in [1.82, 2.24) is 0 Å². The summed E-state index contributed by atoms with van der Waals surface area (Å²) in [5.41, 5.74) is 8.20. The van der Waals surface area contributed by atoms with Crippen LogP contribution in [0, 0.1) is 5.92 Å². The number of benzene rings is 1. The van der Waals surface area contributed by atoms with Crippen LogP contribution in [0.2, 0.25) is 0 Å². The standard InChI is InChI=1S/C19H30N2O2/c1-5-7-11-21-16-12-14(15(20)8-6-2)9-10-17(16)23-18(13(3)4)19(21)22/h9-10,12-13,15,18H,5-8,11,20H2,1-4H3.